The minimum atomic E-state index is -0.510. The maximum absolute atomic E-state index is 10.6. The Balaban J connectivity index is 3.41. The van der Waals surface area contributed by atoms with Crippen molar-refractivity contribution in [2.24, 2.45) is 5.73 Å². The van der Waals surface area contributed by atoms with Gasteiger partial charge in [0, 0.05) is 5.88 Å². The van der Waals surface area contributed by atoms with E-state index >= 15 is 0 Å². The Morgan fingerprint density at radius 3 is 2.80 bits per heavy atom. The van der Waals surface area contributed by atoms with Gasteiger partial charge in [-0.1, -0.05) is 0 Å². The minimum Gasteiger partial charge on any atom is -0.468 e. The number of rotatable bonds is 4. The molecule has 3 nitrogen and oxygen atoms in total. The molecule has 0 fully saturated rings. The molecule has 0 aromatic carbocycles. The molecule has 0 amide bonds. The highest BCUT2D eigenvalue weighted by atomic mass is 35.5. The number of halogens is 1. The van der Waals surface area contributed by atoms with Gasteiger partial charge in [-0.05, 0) is 12.8 Å². The molecule has 0 aliphatic rings. The van der Waals surface area contributed by atoms with Gasteiger partial charge in [0.1, 0.15) is 6.04 Å². The maximum Gasteiger partial charge on any atom is 0.322 e. The van der Waals surface area contributed by atoms with Gasteiger partial charge in [0.25, 0.3) is 0 Å². The summed E-state index contributed by atoms with van der Waals surface area (Å²) < 4.78 is 4.40. The van der Waals surface area contributed by atoms with Gasteiger partial charge in [0.2, 0.25) is 0 Å². The van der Waals surface area contributed by atoms with Crippen LogP contribution in [0.1, 0.15) is 12.8 Å². The molecule has 0 aliphatic heterocycles. The lowest BCUT2D eigenvalue weighted by Crippen LogP contribution is -2.31. The highest BCUT2D eigenvalue weighted by Gasteiger charge is 2.11. The van der Waals surface area contributed by atoms with E-state index in [0.717, 1.165) is 6.42 Å². The molecule has 0 unspecified atom stereocenters. The Morgan fingerprint density at radius 1 is 1.80 bits per heavy atom. The van der Waals surface area contributed by atoms with Gasteiger partial charge >= 0.3 is 5.97 Å². The molecule has 0 aliphatic carbocycles. The van der Waals surface area contributed by atoms with E-state index in [0.29, 0.717) is 12.3 Å². The van der Waals surface area contributed by atoms with Gasteiger partial charge in [-0.15, -0.1) is 11.6 Å². The average molecular weight is 166 g/mol. The van der Waals surface area contributed by atoms with E-state index in [1.165, 1.54) is 7.11 Å². The Bertz CT molecular complexity index is 108. The fourth-order valence-electron chi connectivity index (χ4n) is 0.566. The molecule has 0 heterocycles. The largest absolute Gasteiger partial charge is 0.468 e. The van der Waals surface area contributed by atoms with E-state index in [9.17, 15) is 4.79 Å². The van der Waals surface area contributed by atoms with Crippen LogP contribution in [0.4, 0.5) is 0 Å². The number of esters is 1. The van der Waals surface area contributed by atoms with Crippen LogP contribution in [-0.4, -0.2) is 25.0 Å². The molecule has 10 heavy (non-hydrogen) atoms. The molecule has 4 heteroatoms. The highest BCUT2D eigenvalue weighted by Crippen LogP contribution is 1.97. The molecule has 0 aromatic rings. The Morgan fingerprint density at radius 2 is 2.40 bits per heavy atom. The van der Waals surface area contributed by atoms with Gasteiger partial charge in [-0.25, -0.2) is 0 Å². The van der Waals surface area contributed by atoms with Gasteiger partial charge < -0.3 is 10.5 Å². The molecule has 0 saturated carbocycles. The smallest absolute Gasteiger partial charge is 0.322 e. The normalized spacial score (nSPS) is 12.7. The van der Waals surface area contributed by atoms with E-state index in [1.807, 2.05) is 0 Å². The fourth-order valence-corrected chi connectivity index (χ4v) is 0.721. The molecule has 0 bridgehead atoms. The lowest BCUT2D eigenvalue weighted by molar-refractivity contribution is -0.142. The van der Waals surface area contributed by atoms with Crippen molar-refractivity contribution < 1.29 is 9.53 Å². The number of alkyl halides is 1. The van der Waals surface area contributed by atoms with Crippen molar-refractivity contribution in [1.82, 2.24) is 0 Å². The summed E-state index contributed by atoms with van der Waals surface area (Å²) in [4.78, 5) is 10.6. The summed E-state index contributed by atoms with van der Waals surface area (Å²) >= 11 is 5.39. The van der Waals surface area contributed by atoms with E-state index in [2.05, 4.69) is 4.74 Å². The average Bonchev–Trinajstić information content (AvgIpc) is 1.98. The minimum absolute atomic E-state index is 0.370. The molecule has 0 spiro atoms. The van der Waals surface area contributed by atoms with Gasteiger partial charge in [0.15, 0.2) is 0 Å². The lowest BCUT2D eigenvalue weighted by Gasteiger charge is -2.06. The zero-order chi connectivity index (χ0) is 7.98. The van der Waals surface area contributed by atoms with Crippen LogP contribution in [0.3, 0.4) is 0 Å². The summed E-state index contributed by atoms with van der Waals surface area (Å²) in [7, 11) is 1.32. The predicted molar refractivity (Wildman–Crippen MR) is 39.9 cm³/mol. The molecule has 2 N–H and O–H groups in total. The van der Waals surface area contributed by atoms with Crippen molar-refractivity contribution in [3.8, 4) is 0 Å². The maximum atomic E-state index is 10.6. The summed E-state index contributed by atoms with van der Waals surface area (Å²) in [5, 5.41) is 0. The molecule has 0 aromatic heterocycles. The van der Waals surface area contributed by atoms with Crippen molar-refractivity contribution >= 4 is 17.6 Å². The summed E-state index contributed by atoms with van der Waals surface area (Å²) in [5.74, 6) is 0.162. The Kier molecular flexibility index (Phi) is 5.35. The molecule has 0 saturated heterocycles. The van der Waals surface area contributed by atoms with Gasteiger partial charge in [0.05, 0.1) is 7.11 Å². The molecule has 1 atom stereocenters. The van der Waals surface area contributed by atoms with Crippen LogP contribution in [0.25, 0.3) is 0 Å². The third-order valence-corrected chi connectivity index (χ3v) is 1.42. The summed E-state index contributed by atoms with van der Waals surface area (Å²) in [5.41, 5.74) is 5.38. The van der Waals surface area contributed by atoms with Crippen molar-refractivity contribution in [3.63, 3.8) is 0 Å². The van der Waals surface area contributed by atoms with Gasteiger partial charge in [-0.2, -0.15) is 0 Å². The summed E-state index contributed by atoms with van der Waals surface area (Å²) in [6, 6.07) is -0.510. The van der Waals surface area contributed by atoms with E-state index in [1.54, 1.807) is 0 Å². The quantitative estimate of drug-likeness (QED) is 0.488. The second-order valence-corrected chi connectivity index (χ2v) is 2.34. The molecular formula is C6H12ClNO2. The van der Waals surface area contributed by atoms with Crippen LogP contribution in [0.2, 0.25) is 0 Å². The number of nitrogens with two attached hydrogens (primary N) is 1. The van der Waals surface area contributed by atoms with Crippen LogP contribution in [0.15, 0.2) is 0 Å². The van der Waals surface area contributed by atoms with Crippen molar-refractivity contribution in [3.05, 3.63) is 0 Å². The Hall–Kier alpha value is -0.280. The first kappa shape index (κ1) is 9.72. The summed E-state index contributed by atoms with van der Waals surface area (Å²) in [6.45, 7) is 0. The fraction of sp³-hybridized carbons (Fsp3) is 0.833. The lowest BCUT2D eigenvalue weighted by atomic mass is 10.2. The van der Waals surface area contributed by atoms with Crippen LogP contribution in [-0.2, 0) is 9.53 Å². The van der Waals surface area contributed by atoms with Crippen molar-refractivity contribution in [1.29, 1.82) is 0 Å². The third kappa shape index (κ3) is 3.69. The molecule has 0 radical (unpaired) electrons. The van der Waals surface area contributed by atoms with Crippen LogP contribution in [0.5, 0.6) is 0 Å². The van der Waals surface area contributed by atoms with Crippen LogP contribution < -0.4 is 5.73 Å². The monoisotopic (exact) mass is 165 g/mol. The van der Waals surface area contributed by atoms with Gasteiger partial charge in [-0.3, -0.25) is 4.79 Å². The number of carbonyl (C=O) groups is 1. The Labute approximate surface area is 65.5 Å². The standard InChI is InChI=1S/C6H12ClNO2/c1-10-6(9)5(8)3-2-4-7/h5H,2-4,8H2,1H3/t5-/m0/s1. The highest BCUT2D eigenvalue weighted by molar-refractivity contribution is 6.17. The molecule has 0 rings (SSSR count). The number of methoxy groups -OCH3 is 1. The van der Waals surface area contributed by atoms with Crippen molar-refractivity contribution in [2.75, 3.05) is 13.0 Å². The van der Waals surface area contributed by atoms with Crippen molar-refractivity contribution in [2.45, 2.75) is 18.9 Å². The SMILES string of the molecule is COC(=O)[C@@H](N)CCCCl. The molecular weight excluding hydrogens is 154 g/mol. The second-order valence-electron chi connectivity index (χ2n) is 1.96. The number of hydrogen-bond donors (Lipinski definition) is 1. The number of carbonyl (C=O) groups excluding carboxylic acids is 1. The number of ether oxygens (including phenoxy) is 1. The topological polar surface area (TPSA) is 52.3 Å². The zero-order valence-corrected chi connectivity index (χ0v) is 6.73. The third-order valence-electron chi connectivity index (χ3n) is 1.15. The van der Waals surface area contributed by atoms with E-state index in [-0.39, 0.29) is 5.97 Å². The first-order chi connectivity index (χ1) is 4.72. The predicted octanol–water partition coefficient (Wildman–Crippen LogP) is 0.506. The van der Waals surface area contributed by atoms with Crippen LogP contribution in [0, 0.1) is 0 Å². The first-order valence-corrected chi connectivity index (χ1v) is 3.65. The van der Waals surface area contributed by atoms with Crippen LogP contribution >= 0.6 is 11.6 Å². The van der Waals surface area contributed by atoms with E-state index in [4.69, 9.17) is 17.3 Å². The van der Waals surface area contributed by atoms with E-state index < -0.39 is 6.04 Å². The molecule has 60 valence electrons. The zero-order valence-electron chi connectivity index (χ0n) is 5.97. The second kappa shape index (κ2) is 5.50. The number of hydrogen-bond acceptors (Lipinski definition) is 3. The first-order valence-electron chi connectivity index (χ1n) is 3.11. The summed E-state index contributed by atoms with van der Waals surface area (Å²) in [6.07, 6.45) is 1.34.